The molecule has 0 spiro atoms. The summed E-state index contributed by atoms with van der Waals surface area (Å²) in [6, 6.07) is 2.17. The second-order valence-electron chi connectivity index (χ2n) is 7.20. The Labute approximate surface area is 149 Å². The summed E-state index contributed by atoms with van der Waals surface area (Å²) in [5.41, 5.74) is 5.12. The van der Waals surface area contributed by atoms with Crippen molar-refractivity contribution in [3.05, 3.63) is 29.8 Å². The van der Waals surface area contributed by atoms with E-state index in [-0.39, 0.29) is 5.91 Å². The van der Waals surface area contributed by atoms with Crippen molar-refractivity contribution in [3.8, 4) is 0 Å². The first kappa shape index (κ1) is 17.5. The molecule has 1 N–H and O–H groups in total. The maximum Gasteiger partial charge on any atom is 0.247 e. The molecule has 1 aliphatic heterocycles. The van der Waals surface area contributed by atoms with Crippen LogP contribution in [0.25, 0.3) is 11.0 Å². The fourth-order valence-electron chi connectivity index (χ4n) is 3.67. The van der Waals surface area contributed by atoms with Crippen LogP contribution in [0.3, 0.4) is 0 Å². The van der Waals surface area contributed by atoms with E-state index in [4.69, 9.17) is 4.98 Å². The summed E-state index contributed by atoms with van der Waals surface area (Å²) in [7, 11) is 2.09. The molecule has 0 unspecified atom stereocenters. The number of carbonyl (C=O) groups is 1. The van der Waals surface area contributed by atoms with Crippen LogP contribution in [-0.4, -0.2) is 28.5 Å². The van der Waals surface area contributed by atoms with Gasteiger partial charge in [-0.15, -0.1) is 0 Å². The summed E-state index contributed by atoms with van der Waals surface area (Å²) in [5, 5.41) is 2.99. The zero-order chi connectivity index (χ0) is 18.1. The van der Waals surface area contributed by atoms with Gasteiger partial charge >= 0.3 is 0 Å². The number of nitrogens with one attached hydrogen (secondary N) is 1. The highest BCUT2D eigenvalue weighted by atomic mass is 16.1. The first-order valence-corrected chi connectivity index (χ1v) is 9.12. The highest BCUT2D eigenvalue weighted by molar-refractivity contribution is 6.02. The average molecular weight is 340 g/mol. The minimum absolute atomic E-state index is 0.184. The van der Waals surface area contributed by atoms with Gasteiger partial charge in [0.05, 0.1) is 11.0 Å². The molecule has 0 aliphatic carbocycles. The minimum atomic E-state index is -0.184. The van der Waals surface area contributed by atoms with E-state index in [1.54, 1.807) is 0 Å². The van der Waals surface area contributed by atoms with Crippen LogP contribution in [-0.2, 0) is 11.8 Å². The molecule has 2 aromatic rings. The fraction of sp³-hybridized carbons (Fsp3) is 0.500. The van der Waals surface area contributed by atoms with Gasteiger partial charge in [0.2, 0.25) is 11.9 Å². The Hall–Kier alpha value is -2.30. The molecular weight excluding hydrogens is 312 g/mol. The largest absolute Gasteiger partial charge is 0.342 e. The Balaban J connectivity index is 2.17. The van der Waals surface area contributed by atoms with Crippen LogP contribution in [0.5, 0.6) is 0 Å². The topological polar surface area (TPSA) is 50.2 Å². The number of imidazole rings is 1. The third kappa shape index (κ3) is 3.15. The SMILES string of the molecule is C=CC(=O)Nc1c(C(C)C)cc2c(nc(N3CCCCC3)n2C)c1C. The van der Waals surface area contributed by atoms with Gasteiger partial charge in [-0.2, -0.15) is 0 Å². The van der Waals surface area contributed by atoms with E-state index < -0.39 is 0 Å². The van der Waals surface area contributed by atoms with Gasteiger partial charge in [0.15, 0.2) is 0 Å². The molecule has 2 heterocycles. The average Bonchev–Trinajstić information content (AvgIpc) is 2.94. The van der Waals surface area contributed by atoms with E-state index in [0.29, 0.717) is 5.92 Å². The van der Waals surface area contributed by atoms with E-state index >= 15 is 0 Å². The number of aryl methyl sites for hydroxylation is 2. The molecule has 134 valence electrons. The first-order chi connectivity index (χ1) is 11.9. The molecule has 1 aromatic carbocycles. The van der Waals surface area contributed by atoms with E-state index in [2.05, 4.69) is 48.3 Å². The number of amides is 1. The summed E-state index contributed by atoms with van der Waals surface area (Å²) in [6.07, 6.45) is 5.06. The van der Waals surface area contributed by atoms with Crippen molar-refractivity contribution in [2.24, 2.45) is 7.05 Å². The lowest BCUT2D eigenvalue weighted by Crippen LogP contribution is -2.31. The number of hydrogen-bond acceptors (Lipinski definition) is 3. The van der Waals surface area contributed by atoms with Gasteiger partial charge in [-0.05, 0) is 49.8 Å². The Bertz CT molecular complexity index is 813. The second-order valence-corrected chi connectivity index (χ2v) is 7.20. The summed E-state index contributed by atoms with van der Waals surface area (Å²) in [4.78, 5) is 19.2. The van der Waals surface area contributed by atoms with Crippen molar-refractivity contribution >= 4 is 28.6 Å². The molecular formula is C20H28N4O. The molecule has 25 heavy (non-hydrogen) atoms. The zero-order valence-corrected chi connectivity index (χ0v) is 15.7. The predicted octanol–water partition coefficient (Wildman–Crippen LogP) is 4.12. The van der Waals surface area contributed by atoms with Crippen LogP contribution in [0, 0.1) is 6.92 Å². The summed E-state index contributed by atoms with van der Waals surface area (Å²) >= 11 is 0. The van der Waals surface area contributed by atoms with Crippen molar-refractivity contribution in [3.63, 3.8) is 0 Å². The Morgan fingerprint density at radius 1 is 1.32 bits per heavy atom. The first-order valence-electron chi connectivity index (χ1n) is 9.12. The smallest absolute Gasteiger partial charge is 0.247 e. The van der Waals surface area contributed by atoms with E-state index in [0.717, 1.165) is 46.9 Å². The van der Waals surface area contributed by atoms with Gasteiger partial charge in [0, 0.05) is 31.4 Å². The highest BCUT2D eigenvalue weighted by Crippen LogP contribution is 2.35. The highest BCUT2D eigenvalue weighted by Gasteiger charge is 2.22. The number of carbonyl (C=O) groups excluding carboxylic acids is 1. The molecule has 0 bridgehead atoms. The fourth-order valence-corrected chi connectivity index (χ4v) is 3.67. The van der Waals surface area contributed by atoms with Gasteiger partial charge in [-0.1, -0.05) is 20.4 Å². The Morgan fingerprint density at radius 3 is 2.60 bits per heavy atom. The molecule has 0 atom stereocenters. The lowest BCUT2D eigenvalue weighted by molar-refractivity contribution is -0.111. The molecule has 3 rings (SSSR count). The Kier molecular flexibility index (Phi) is 4.84. The van der Waals surface area contributed by atoms with E-state index in [9.17, 15) is 4.79 Å². The molecule has 1 saturated heterocycles. The number of hydrogen-bond donors (Lipinski definition) is 1. The second kappa shape index (κ2) is 6.90. The van der Waals surface area contributed by atoms with Crippen LogP contribution in [0.4, 0.5) is 11.6 Å². The van der Waals surface area contributed by atoms with Gasteiger partial charge in [-0.25, -0.2) is 4.98 Å². The maximum atomic E-state index is 11.9. The quantitative estimate of drug-likeness (QED) is 0.852. The minimum Gasteiger partial charge on any atom is -0.342 e. The van der Waals surface area contributed by atoms with Crippen LogP contribution < -0.4 is 10.2 Å². The summed E-state index contributed by atoms with van der Waals surface area (Å²) < 4.78 is 2.19. The van der Waals surface area contributed by atoms with Crippen LogP contribution in [0.15, 0.2) is 18.7 Å². The zero-order valence-electron chi connectivity index (χ0n) is 15.7. The van der Waals surface area contributed by atoms with Crippen LogP contribution in [0.2, 0.25) is 0 Å². The normalized spacial score (nSPS) is 15.0. The number of fused-ring (bicyclic) bond motifs is 1. The molecule has 5 nitrogen and oxygen atoms in total. The number of piperidine rings is 1. The number of aromatic nitrogens is 2. The molecule has 0 radical (unpaired) electrons. The van der Waals surface area contributed by atoms with Crippen molar-refractivity contribution < 1.29 is 4.79 Å². The number of nitrogens with zero attached hydrogens (tertiary/aromatic N) is 3. The van der Waals surface area contributed by atoms with E-state index in [1.165, 1.54) is 25.3 Å². The van der Waals surface area contributed by atoms with E-state index in [1.807, 2.05) is 6.92 Å². The number of anilines is 2. The van der Waals surface area contributed by atoms with Gasteiger partial charge in [-0.3, -0.25) is 4.79 Å². The number of rotatable bonds is 4. The monoisotopic (exact) mass is 340 g/mol. The molecule has 1 amide bonds. The Morgan fingerprint density at radius 2 is 2.00 bits per heavy atom. The lowest BCUT2D eigenvalue weighted by Gasteiger charge is -2.27. The summed E-state index contributed by atoms with van der Waals surface area (Å²) in [6.45, 7) is 12.0. The third-order valence-electron chi connectivity index (χ3n) is 5.12. The van der Waals surface area contributed by atoms with Crippen molar-refractivity contribution in [2.75, 3.05) is 23.3 Å². The van der Waals surface area contributed by atoms with Crippen molar-refractivity contribution in [1.82, 2.24) is 9.55 Å². The maximum absolute atomic E-state index is 11.9. The number of benzene rings is 1. The predicted molar refractivity (Wildman–Crippen MR) is 104 cm³/mol. The molecule has 1 aromatic heterocycles. The molecule has 1 fully saturated rings. The van der Waals surface area contributed by atoms with Crippen molar-refractivity contribution in [1.29, 1.82) is 0 Å². The standard InChI is InChI=1S/C20H28N4O/c1-6-17(25)21-18-14(4)19-16(12-15(18)13(2)3)23(5)20(22-19)24-10-8-7-9-11-24/h6,12-13H,1,7-11H2,2-5H3,(H,21,25). The summed E-state index contributed by atoms with van der Waals surface area (Å²) in [5.74, 6) is 1.15. The molecule has 5 heteroatoms. The lowest BCUT2D eigenvalue weighted by atomic mass is 9.96. The molecule has 0 saturated carbocycles. The molecule has 1 aliphatic rings. The van der Waals surface area contributed by atoms with Crippen molar-refractivity contribution in [2.45, 2.75) is 46.0 Å². The van der Waals surface area contributed by atoms with Gasteiger partial charge in [0.1, 0.15) is 0 Å². The van der Waals surface area contributed by atoms with Crippen LogP contribution >= 0.6 is 0 Å². The third-order valence-corrected chi connectivity index (χ3v) is 5.12. The van der Waals surface area contributed by atoms with Gasteiger partial charge in [0.25, 0.3) is 0 Å². The van der Waals surface area contributed by atoms with Crippen LogP contribution in [0.1, 0.15) is 50.2 Å². The van der Waals surface area contributed by atoms with Gasteiger partial charge < -0.3 is 14.8 Å².